The van der Waals surface area contributed by atoms with Gasteiger partial charge in [-0.2, -0.15) is 5.10 Å². The Bertz CT molecular complexity index is 452. The monoisotopic (exact) mass is 268 g/mol. The Labute approximate surface area is 112 Å². The van der Waals surface area contributed by atoms with Crippen LogP contribution in [-0.2, 0) is 20.8 Å². The summed E-state index contributed by atoms with van der Waals surface area (Å²) in [5.41, 5.74) is 8.01. The van der Waals surface area contributed by atoms with Crippen molar-refractivity contribution in [2.75, 3.05) is 32.1 Å². The summed E-state index contributed by atoms with van der Waals surface area (Å²) in [6, 6.07) is 0. The number of nitrogen functional groups attached to an aromatic ring is 1. The van der Waals surface area contributed by atoms with Crippen molar-refractivity contribution in [3.05, 3.63) is 11.4 Å². The van der Waals surface area contributed by atoms with Crippen LogP contribution in [0.4, 0.5) is 5.69 Å². The van der Waals surface area contributed by atoms with Gasteiger partial charge in [0.15, 0.2) is 0 Å². The van der Waals surface area contributed by atoms with Crippen LogP contribution in [0, 0.1) is 13.8 Å². The van der Waals surface area contributed by atoms with Crippen LogP contribution in [0.2, 0.25) is 0 Å². The first-order valence-corrected chi connectivity index (χ1v) is 6.33. The number of nitrogens with two attached hydrogens (primary N) is 1. The van der Waals surface area contributed by atoms with Crippen molar-refractivity contribution in [3.8, 4) is 0 Å². The van der Waals surface area contributed by atoms with Gasteiger partial charge in [-0.15, -0.1) is 0 Å². The van der Waals surface area contributed by atoms with Crippen LogP contribution in [0.15, 0.2) is 0 Å². The topological polar surface area (TPSA) is 91.4 Å². The lowest BCUT2D eigenvalue weighted by molar-refractivity contribution is -0.124. The van der Waals surface area contributed by atoms with Gasteiger partial charge in [-0.3, -0.25) is 9.48 Å². The van der Waals surface area contributed by atoms with Gasteiger partial charge in [0, 0.05) is 6.54 Å². The fourth-order valence-electron chi connectivity index (χ4n) is 1.94. The lowest BCUT2D eigenvalue weighted by Gasteiger charge is -2.23. The van der Waals surface area contributed by atoms with Gasteiger partial charge in [-0.05, 0) is 13.8 Å². The number of carbonyl (C=O) groups excluding carboxylic acids is 1. The zero-order valence-corrected chi connectivity index (χ0v) is 11.3. The molecule has 1 saturated heterocycles. The van der Waals surface area contributed by atoms with Crippen molar-refractivity contribution >= 4 is 11.6 Å². The maximum absolute atomic E-state index is 11.8. The molecule has 1 aromatic rings. The molecule has 1 aromatic heterocycles. The number of carbonyl (C=O) groups is 1. The van der Waals surface area contributed by atoms with Crippen LogP contribution in [0.3, 0.4) is 0 Å². The number of anilines is 1. The predicted octanol–water partition coefficient (Wildman–Crippen LogP) is -0.386. The summed E-state index contributed by atoms with van der Waals surface area (Å²) in [5.74, 6) is -0.111. The number of ether oxygens (including phenoxy) is 2. The van der Waals surface area contributed by atoms with E-state index in [4.69, 9.17) is 15.2 Å². The highest BCUT2D eigenvalue weighted by Gasteiger charge is 2.16. The van der Waals surface area contributed by atoms with Crippen LogP contribution in [0.25, 0.3) is 0 Å². The SMILES string of the molecule is Cc1nn(CC(=O)NCC2COCCO2)c(C)c1N. The molecule has 0 radical (unpaired) electrons. The van der Waals surface area contributed by atoms with E-state index in [0.717, 1.165) is 11.4 Å². The Morgan fingerprint density at radius 3 is 2.89 bits per heavy atom. The molecule has 106 valence electrons. The third kappa shape index (κ3) is 3.45. The van der Waals surface area contributed by atoms with Gasteiger partial charge in [0.1, 0.15) is 6.54 Å². The summed E-state index contributed by atoms with van der Waals surface area (Å²) in [6.45, 7) is 6.01. The molecular weight excluding hydrogens is 248 g/mol. The number of nitrogens with one attached hydrogen (secondary N) is 1. The zero-order chi connectivity index (χ0) is 13.8. The van der Waals surface area contributed by atoms with Gasteiger partial charge in [0.2, 0.25) is 5.91 Å². The van der Waals surface area contributed by atoms with E-state index in [1.807, 2.05) is 13.8 Å². The fourth-order valence-corrected chi connectivity index (χ4v) is 1.94. The molecule has 7 nitrogen and oxygen atoms in total. The molecule has 1 aliphatic heterocycles. The molecule has 2 rings (SSSR count). The van der Waals surface area contributed by atoms with Crippen molar-refractivity contribution in [1.29, 1.82) is 0 Å². The van der Waals surface area contributed by atoms with Crippen molar-refractivity contribution in [3.63, 3.8) is 0 Å². The number of nitrogens with zero attached hydrogens (tertiary/aromatic N) is 2. The molecule has 0 saturated carbocycles. The van der Waals surface area contributed by atoms with Crippen LogP contribution >= 0.6 is 0 Å². The van der Waals surface area contributed by atoms with Crippen LogP contribution < -0.4 is 11.1 Å². The Morgan fingerprint density at radius 2 is 2.32 bits per heavy atom. The normalized spacial score (nSPS) is 19.4. The Balaban J connectivity index is 1.82. The second-order valence-electron chi connectivity index (χ2n) is 4.61. The average Bonchev–Trinajstić information content (AvgIpc) is 2.65. The lowest BCUT2D eigenvalue weighted by Crippen LogP contribution is -2.40. The minimum atomic E-state index is -0.111. The van der Waals surface area contributed by atoms with Gasteiger partial charge in [0.25, 0.3) is 0 Å². The van der Waals surface area contributed by atoms with Gasteiger partial charge < -0.3 is 20.5 Å². The summed E-state index contributed by atoms with van der Waals surface area (Å²) < 4.78 is 12.3. The van der Waals surface area contributed by atoms with E-state index >= 15 is 0 Å². The average molecular weight is 268 g/mol. The third-order valence-electron chi connectivity index (χ3n) is 3.14. The first-order valence-electron chi connectivity index (χ1n) is 6.33. The van der Waals surface area contributed by atoms with E-state index in [-0.39, 0.29) is 18.6 Å². The van der Waals surface area contributed by atoms with Gasteiger partial charge in [-0.1, -0.05) is 0 Å². The highest BCUT2D eigenvalue weighted by molar-refractivity contribution is 5.76. The summed E-state index contributed by atoms with van der Waals surface area (Å²) in [6.07, 6.45) is -0.0665. The largest absolute Gasteiger partial charge is 0.396 e. The maximum atomic E-state index is 11.8. The molecule has 0 spiro atoms. The smallest absolute Gasteiger partial charge is 0.241 e. The summed E-state index contributed by atoms with van der Waals surface area (Å²) in [4.78, 5) is 11.8. The van der Waals surface area contributed by atoms with Gasteiger partial charge >= 0.3 is 0 Å². The molecule has 19 heavy (non-hydrogen) atoms. The summed E-state index contributed by atoms with van der Waals surface area (Å²) in [5, 5.41) is 7.03. The molecule has 0 aromatic carbocycles. The van der Waals surface area contributed by atoms with Crippen molar-refractivity contribution < 1.29 is 14.3 Å². The van der Waals surface area contributed by atoms with E-state index in [2.05, 4.69) is 10.4 Å². The molecule has 1 fully saturated rings. The standard InChI is InChI=1S/C12H20N4O3/c1-8-12(13)9(2)16(15-8)6-11(17)14-5-10-7-18-3-4-19-10/h10H,3-7,13H2,1-2H3,(H,14,17). The Morgan fingerprint density at radius 1 is 1.53 bits per heavy atom. The van der Waals surface area contributed by atoms with Gasteiger partial charge in [0.05, 0.1) is 43.0 Å². The molecule has 3 N–H and O–H groups in total. The van der Waals surface area contributed by atoms with Crippen LogP contribution in [0.5, 0.6) is 0 Å². The van der Waals surface area contributed by atoms with Gasteiger partial charge in [-0.25, -0.2) is 0 Å². The fraction of sp³-hybridized carbons (Fsp3) is 0.667. The molecule has 2 heterocycles. The first kappa shape index (κ1) is 13.8. The number of hydrogen-bond acceptors (Lipinski definition) is 5. The van der Waals surface area contributed by atoms with E-state index in [1.165, 1.54) is 0 Å². The second-order valence-corrected chi connectivity index (χ2v) is 4.61. The molecule has 1 atom stereocenters. The van der Waals surface area contributed by atoms with E-state index in [9.17, 15) is 4.79 Å². The highest BCUT2D eigenvalue weighted by Crippen LogP contribution is 2.14. The minimum Gasteiger partial charge on any atom is -0.396 e. The van der Waals surface area contributed by atoms with E-state index in [0.29, 0.717) is 32.1 Å². The zero-order valence-electron chi connectivity index (χ0n) is 11.3. The second kappa shape index (κ2) is 6.03. The number of aryl methyl sites for hydroxylation is 1. The van der Waals surface area contributed by atoms with Crippen molar-refractivity contribution in [1.82, 2.24) is 15.1 Å². The molecule has 1 amide bonds. The predicted molar refractivity (Wildman–Crippen MR) is 69.7 cm³/mol. The number of rotatable bonds is 4. The lowest BCUT2D eigenvalue weighted by atomic mass is 10.3. The minimum absolute atomic E-state index is 0.0665. The maximum Gasteiger partial charge on any atom is 0.241 e. The molecule has 1 unspecified atom stereocenters. The number of amides is 1. The summed E-state index contributed by atoms with van der Waals surface area (Å²) >= 11 is 0. The quantitative estimate of drug-likeness (QED) is 0.776. The third-order valence-corrected chi connectivity index (χ3v) is 3.14. The van der Waals surface area contributed by atoms with Crippen LogP contribution in [-0.4, -0.2) is 48.2 Å². The Kier molecular flexibility index (Phi) is 4.39. The first-order chi connectivity index (χ1) is 9.08. The van der Waals surface area contributed by atoms with E-state index in [1.54, 1.807) is 4.68 Å². The molecule has 1 aliphatic rings. The number of aromatic nitrogens is 2. The summed E-state index contributed by atoms with van der Waals surface area (Å²) in [7, 11) is 0. The molecule has 0 bridgehead atoms. The van der Waals surface area contributed by atoms with E-state index < -0.39 is 0 Å². The Hall–Kier alpha value is -1.60. The molecule has 0 aliphatic carbocycles. The van der Waals surface area contributed by atoms with Crippen molar-refractivity contribution in [2.24, 2.45) is 0 Å². The number of hydrogen-bond donors (Lipinski definition) is 2. The van der Waals surface area contributed by atoms with Crippen LogP contribution in [0.1, 0.15) is 11.4 Å². The molecular formula is C12H20N4O3. The highest BCUT2D eigenvalue weighted by atomic mass is 16.6. The van der Waals surface area contributed by atoms with Crippen molar-refractivity contribution in [2.45, 2.75) is 26.5 Å². The molecule has 7 heteroatoms.